The minimum absolute atomic E-state index is 0.0847. The third-order valence-electron chi connectivity index (χ3n) is 3.90. The highest BCUT2D eigenvalue weighted by molar-refractivity contribution is 5.93. The number of carbonyl (C=O) groups is 2. The number of rotatable bonds is 5. The monoisotopic (exact) mass is 297 g/mol. The van der Waals surface area contributed by atoms with Crippen LogP contribution in [0, 0.1) is 0 Å². The Morgan fingerprint density at radius 1 is 1.48 bits per heavy atom. The first-order valence-electron chi connectivity index (χ1n) is 7.44. The van der Waals surface area contributed by atoms with Crippen molar-refractivity contribution < 1.29 is 19.4 Å². The lowest BCUT2D eigenvalue weighted by atomic mass is 10.0. The van der Waals surface area contributed by atoms with Crippen LogP contribution in [-0.4, -0.2) is 60.9 Å². The molecular formula is C14H23N3O4. The lowest BCUT2D eigenvalue weighted by Gasteiger charge is -2.36. The molecule has 0 aromatic rings. The highest BCUT2D eigenvalue weighted by Gasteiger charge is 2.28. The summed E-state index contributed by atoms with van der Waals surface area (Å²) in [7, 11) is 0. The Labute approximate surface area is 124 Å². The van der Waals surface area contributed by atoms with Gasteiger partial charge in [-0.25, -0.2) is 9.59 Å². The lowest BCUT2D eigenvalue weighted by molar-refractivity contribution is -0.138. The van der Waals surface area contributed by atoms with Crippen LogP contribution in [0.2, 0.25) is 0 Å². The maximum atomic E-state index is 12.0. The Hall–Kier alpha value is -1.60. The Bertz CT molecular complexity index is 436. The molecule has 1 unspecified atom stereocenters. The molecule has 1 fully saturated rings. The molecule has 0 aromatic heterocycles. The summed E-state index contributed by atoms with van der Waals surface area (Å²) < 4.78 is 5.03. The van der Waals surface area contributed by atoms with Crippen LogP contribution in [0.1, 0.15) is 26.2 Å². The number of likely N-dealkylation sites (tertiary alicyclic amines) is 1. The minimum atomic E-state index is -0.405. The maximum Gasteiger partial charge on any atom is 0.337 e. The lowest BCUT2D eigenvalue weighted by Crippen LogP contribution is -2.50. The van der Waals surface area contributed by atoms with E-state index in [0.29, 0.717) is 24.4 Å². The van der Waals surface area contributed by atoms with Crippen LogP contribution in [0.25, 0.3) is 0 Å². The Morgan fingerprint density at radius 2 is 2.29 bits per heavy atom. The average molecular weight is 297 g/mol. The van der Waals surface area contributed by atoms with Crippen molar-refractivity contribution in [1.29, 1.82) is 0 Å². The third-order valence-corrected chi connectivity index (χ3v) is 3.90. The quantitative estimate of drug-likeness (QED) is 0.620. The number of hydrogen-bond donors (Lipinski definition) is 3. The van der Waals surface area contributed by atoms with Crippen LogP contribution in [0.5, 0.6) is 0 Å². The number of carbonyl (C=O) groups excluding carboxylic acids is 2. The summed E-state index contributed by atoms with van der Waals surface area (Å²) >= 11 is 0. The minimum Gasteiger partial charge on any atom is -0.463 e. The van der Waals surface area contributed by atoms with Gasteiger partial charge >= 0.3 is 12.0 Å². The normalized spacial score (nSPS) is 23.5. The first kappa shape index (κ1) is 15.8. The van der Waals surface area contributed by atoms with Gasteiger partial charge in [0.2, 0.25) is 0 Å². The molecule has 2 rings (SSSR count). The van der Waals surface area contributed by atoms with Gasteiger partial charge in [0.1, 0.15) is 0 Å². The number of hydrogen-bond acceptors (Lipinski definition) is 5. The van der Waals surface area contributed by atoms with E-state index in [0.717, 1.165) is 25.8 Å². The standard InChI is InChI=1S/C14H23N3O4/c1-2-21-13(19)11-7-15-14(20)16-12(11)8-17-6-4-3-5-10(17)9-18/h10,18H,2-9H2,1H3,(H2,15,16,20). The van der Waals surface area contributed by atoms with Crippen LogP contribution in [0.3, 0.4) is 0 Å². The number of urea groups is 1. The second-order valence-corrected chi connectivity index (χ2v) is 5.29. The van der Waals surface area contributed by atoms with Gasteiger partial charge in [0.25, 0.3) is 0 Å². The molecule has 2 aliphatic heterocycles. The number of esters is 1. The number of amides is 2. The summed E-state index contributed by atoms with van der Waals surface area (Å²) in [5.74, 6) is -0.405. The first-order valence-corrected chi connectivity index (χ1v) is 7.44. The van der Waals surface area contributed by atoms with Gasteiger partial charge in [-0.1, -0.05) is 6.42 Å². The summed E-state index contributed by atoms with van der Waals surface area (Å²) in [6.07, 6.45) is 3.09. The number of piperidine rings is 1. The average Bonchev–Trinajstić information content (AvgIpc) is 2.48. The van der Waals surface area contributed by atoms with E-state index < -0.39 is 5.97 Å². The van der Waals surface area contributed by atoms with Gasteiger partial charge in [0, 0.05) is 18.3 Å². The van der Waals surface area contributed by atoms with Crippen molar-refractivity contribution in [2.45, 2.75) is 32.2 Å². The molecule has 2 aliphatic rings. The van der Waals surface area contributed by atoms with Crippen molar-refractivity contribution in [2.24, 2.45) is 0 Å². The third kappa shape index (κ3) is 3.95. The first-order chi connectivity index (χ1) is 10.2. The van der Waals surface area contributed by atoms with Crippen molar-refractivity contribution in [1.82, 2.24) is 15.5 Å². The summed E-state index contributed by atoms with van der Waals surface area (Å²) in [5.41, 5.74) is 1.04. The Kier molecular flexibility index (Phi) is 5.58. The molecule has 118 valence electrons. The summed E-state index contributed by atoms with van der Waals surface area (Å²) in [5, 5.41) is 14.7. The fourth-order valence-corrected chi connectivity index (χ4v) is 2.76. The van der Waals surface area contributed by atoms with Gasteiger partial charge in [-0.3, -0.25) is 4.90 Å². The molecule has 2 heterocycles. The van der Waals surface area contributed by atoms with E-state index in [4.69, 9.17) is 4.74 Å². The van der Waals surface area contributed by atoms with Crippen LogP contribution in [0.4, 0.5) is 4.79 Å². The molecule has 0 saturated carbocycles. The number of aliphatic hydroxyl groups excluding tert-OH is 1. The molecule has 0 aromatic carbocycles. The van der Waals surface area contributed by atoms with Crippen molar-refractivity contribution in [2.75, 3.05) is 32.8 Å². The molecule has 7 heteroatoms. The highest BCUT2D eigenvalue weighted by atomic mass is 16.5. The predicted octanol–water partition coefficient (Wildman–Crippen LogP) is -0.0368. The summed E-state index contributed by atoms with van der Waals surface area (Å²) in [4.78, 5) is 25.6. The molecule has 7 nitrogen and oxygen atoms in total. The van der Waals surface area contributed by atoms with Crippen molar-refractivity contribution in [3.05, 3.63) is 11.3 Å². The molecule has 3 N–H and O–H groups in total. The zero-order chi connectivity index (χ0) is 15.2. The van der Waals surface area contributed by atoms with Gasteiger partial charge in [0.05, 0.1) is 25.3 Å². The van der Waals surface area contributed by atoms with Crippen LogP contribution in [0.15, 0.2) is 11.3 Å². The van der Waals surface area contributed by atoms with Gasteiger partial charge in [-0.05, 0) is 26.3 Å². The van der Waals surface area contributed by atoms with E-state index in [9.17, 15) is 14.7 Å². The number of ether oxygens (including phenoxy) is 1. The SMILES string of the molecule is CCOC(=O)C1=C(CN2CCCCC2CO)NC(=O)NC1. The number of nitrogens with zero attached hydrogens (tertiary/aromatic N) is 1. The molecule has 21 heavy (non-hydrogen) atoms. The second-order valence-electron chi connectivity index (χ2n) is 5.29. The predicted molar refractivity (Wildman–Crippen MR) is 76.5 cm³/mol. The fraction of sp³-hybridized carbons (Fsp3) is 0.714. The van der Waals surface area contributed by atoms with E-state index in [2.05, 4.69) is 15.5 Å². The van der Waals surface area contributed by atoms with Gasteiger partial charge in [-0.15, -0.1) is 0 Å². The van der Waals surface area contributed by atoms with Crippen molar-refractivity contribution >= 4 is 12.0 Å². The molecule has 0 bridgehead atoms. The molecule has 1 atom stereocenters. The van der Waals surface area contributed by atoms with Crippen LogP contribution in [-0.2, 0) is 9.53 Å². The summed E-state index contributed by atoms with van der Waals surface area (Å²) in [6.45, 7) is 3.62. The van der Waals surface area contributed by atoms with Crippen LogP contribution >= 0.6 is 0 Å². The zero-order valence-corrected chi connectivity index (χ0v) is 12.4. The molecule has 0 aliphatic carbocycles. The number of aliphatic hydroxyl groups is 1. The molecule has 0 spiro atoms. The number of nitrogens with one attached hydrogen (secondary N) is 2. The topological polar surface area (TPSA) is 90.9 Å². The van der Waals surface area contributed by atoms with E-state index in [1.165, 1.54) is 0 Å². The smallest absolute Gasteiger partial charge is 0.337 e. The van der Waals surface area contributed by atoms with E-state index >= 15 is 0 Å². The van der Waals surface area contributed by atoms with Crippen LogP contribution < -0.4 is 10.6 Å². The Morgan fingerprint density at radius 3 is 3.00 bits per heavy atom. The van der Waals surface area contributed by atoms with Crippen molar-refractivity contribution in [3.63, 3.8) is 0 Å². The van der Waals surface area contributed by atoms with E-state index in [-0.39, 0.29) is 25.2 Å². The highest BCUT2D eigenvalue weighted by Crippen LogP contribution is 2.19. The van der Waals surface area contributed by atoms with Gasteiger partial charge in [0.15, 0.2) is 0 Å². The maximum absolute atomic E-state index is 12.0. The van der Waals surface area contributed by atoms with E-state index in [1.807, 2.05) is 0 Å². The zero-order valence-electron chi connectivity index (χ0n) is 12.4. The largest absolute Gasteiger partial charge is 0.463 e. The van der Waals surface area contributed by atoms with Gasteiger partial charge < -0.3 is 20.5 Å². The van der Waals surface area contributed by atoms with Crippen molar-refractivity contribution in [3.8, 4) is 0 Å². The molecule has 0 radical (unpaired) electrons. The Balaban J connectivity index is 2.14. The molecule has 2 amide bonds. The van der Waals surface area contributed by atoms with Gasteiger partial charge in [-0.2, -0.15) is 0 Å². The molecule has 1 saturated heterocycles. The summed E-state index contributed by atoms with van der Waals surface area (Å²) in [6, 6.07) is -0.225. The molecular weight excluding hydrogens is 274 g/mol. The van der Waals surface area contributed by atoms with E-state index in [1.54, 1.807) is 6.92 Å². The second kappa shape index (κ2) is 7.42. The fourth-order valence-electron chi connectivity index (χ4n) is 2.76.